The van der Waals surface area contributed by atoms with Crippen LogP contribution in [0.4, 0.5) is 4.39 Å². The molecule has 2 aromatic heterocycles. The second kappa shape index (κ2) is 10.1. The Balaban J connectivity index is 1.78. The normalized spacial score (nSPS) is 10.6. The zero-order valence-electron chi connectivity index (χ0n) is 17.5. The van der Waals surface area contributed by atoms with Gasteiger partial charge in [0.05, 0.1) is 23.9 Å². The molecule has 0 unspecified atom stereocenters. The minimum absolute atomic E-state index is 0.183. The first-order valence-electron chi connectivity index (χ1n) is 10.2. The Labute approximate surface area is 195 Å². The van der Waals surface area contributed by atoms with Crippen LogP contribution in [0, 0.1) is 17.1 Å². The second-order valence-electron chi connectivity index (χ2n) is 7.31. The SMILES string of the molecule is N#CCCN(Cc1cccnc1)C(=O)c1cc(-c2ccc(F)cc2)nn1-c1cccc(Cl)c1. The fourth-order valence-corrected chi connectivity index (χ4v) is 3.60. The summed E-state index contributed by atoms with van der Waals surface area (Å²) < 4.78 is 14.9. The van der Waals surface area contributed by atoms with Crippen LogP contribution in [0.3, 0.4) is 0 Å². The van der Waals surface area contributed by atoms with Crippen LogP contribution in [0.5, 0.6) is 0 Å². The Morgan fingerprint density at radius 1 is 1.12 bits per heavy atom. The number of nitrogens with zero attached hydrogens (tertiary/aromatic N) is 5. The van der Waals surface area contributed by atoms with E-state index >= 15 is 0 Å². The van der Waals surface area contributed by atoms with Crippen LogP contribution < -0.4 is 0 Å². The van der Waals surface area contributed by atoms with Crippen molar-refractivity contribution in [3.05, 3.63) is 101 Å². The Kier molecular flexibility index (Phi) is 6.77. The van der Waals surface area contributed by atoms with Gasteiger partial charge in [0.15, 0.2) is 0 Å². The molecule has 0 aliphatic heterocycles. The van der Waals surface area contributed by atoms with E-state index in [1.54, 1.807) is 65.8 Å². The molecule has 0 atom stereocenters. The number of nitriles is 1. The van der Waals surface area contributed by atoms with E-state index in [0.717, 1.165) is 5.56 Å². The molecule has 2 heterocycles. The summed E-state index contributed by atoms with van der Waals surface area (Å²) in [5.74, 6) is -0.654. The monoisotopic (exact) mass is 459 g/mol. The lowest BCUT2D eigenvalue weighted by molar-refractivity contribution is 0.0737. The summed E-state index contributed by atoms with van der Waals surface area (Å²) >= 11 is 6.19. The average Bonchev–Trinajstić information content (AvgIpc) is 3.28. The van der Waals surface area contributed by atoms with E-state index in [0.29, 0.717) is 34.2 Å². The number of carbonyl (C=O) groups is 1. The van der Waals surface area contributed by atoms with Crippen molar-refractivity contribution in [2.45, 2.75) is 13.0 Å². The quantitative estimate of drug-likeness (QED) is 0.376. The maximum Gasteiger partial charge on any atom is 0.272 e. The summed E-state index contributed by atoms with van der Waals surface area (Å²) in [5, 5.41) is 14.2. The van der Waals surface area contributed by atoms with Gasteiger partial charge >= 0.3 is 0 Å². The van der Waals surface area contributed by atoms with Crippen molar-refractivity contribution in [3.8, 4) is 23.0 Å². The molecule has 8 heteroatoms. The summed E-state index contributed by atoms with van der Waals surface area (Å²) in [4.78, 5) is 19.4. The average molecular weight is 460 g/mol. The summed E-state index contributed by atoms with van der Waals surface area (Å²) in [7, 11) is 0. The smallest absolute Gasteiger partial charge is 0.272 e. The fourth-order valence-electron chi connectivity index (χ4n) is 3.41. The molecule has 33 heavy (non-hydrogen) atoms. The third kappa shape index (κ3) is 5.25. The Hall–Kier alpha value is -4.02. The maximum absolute atomic E-state index is 13.7. The van der Waals surface area contributed by atoms with Gasteiger partial charge in [-0.15, -0.1) is 0 Å². The summed E-state index contributed by atoms with van der Waals surface area (Å²) in [6, 6.07) is 20.3. The molecule has 0 aliphatic carbocycles. The van der Waals surface area contributed by atoms with Gasteiger partial charge in [0.1, 0.15) is 11.5 Å². The molecule has 0 fully saturated rings. The lowest BCUT2D eigenvalue weighted by Gasteiger charge is -2.22. The first kappa shape index (κ1) is 22.2. The van der Waals surface area contributed by atoms with Crippen LogP contribution in [0.25, 0.3) is 16.9 Å². The van der Waals surface area contributed by atoms with E-state index in [1.165, 1.54) is 16.8 Å². The molecule has 4 aromatic rings. The minimum atomic E-state index is -0.358. The molecule has 0 spiro atoms. The van der Waals surface area contributed by atoms with Gasteiger partial charge in [-0.05, 0) is 60.2 Å². The molecule has 2 aromatic carbocycles. The van der Waals surface area contributed by atoms with Crippen molar-refractivity contribution >= 4 is 17.5 Å². The molecule has 0 bridgehead atoms. The third-order valence-corrected chi connectivity index (χ3v) is 5.23. The van der Waals surface area contributed by atoms with E-state index in [2.05, 4.69) is 16.2 Å². The number of pyridine rings is 1. The first-order chi connectivity index (χ1) is 16.0. The standard InChI is InChI=1S/C25H19ClFN5O/c26-20-5-1-6-22(14-20)32-24(15-23(30-32)19-7-9-21(27)10-8-19)25(33)31(13-3-11-28)17-18-4-2-12-29-16-18/h1-2,4-10,12,14-16H,3,13,17H2. The van der Waals surface area contributed by atoms with Gasteiger partial charge in [0.2, 0.25) is 0 Å². The highest BCUT2D eigenvalue weighted by Crippen LogP contribution is 2.25. The number of carbonyl (C=O) groups excluding carboxylic acids is 1. The molecule has 4 rings (SSSR count). The molecule has 0 saturated heterocycles. The molecule has 164 valence electrons. The van der Waals surface area contributed by atoms with Crippen LogP contribution in [-0.4, -0.2) is 32.1 Å². The van der Waals surface area contributed by atoms with Crippen molar-refractivity contribution in [1.82, 2.24) is 19.7 Å². The lowest BCUT2D eigenvalue weighted by Crippen LogP contribution is -2.33. The lowest BCUT2D eigenvalue weighted by atomic mass is 10.1. The van der Waals surface area contributed by atoms with Crippen molar-refractivity contribution in [2.24, 2.45) is 0 Å². The number of hydrogen-bond donors (Lipinski definition) is 0. The van der Waals surface area contributed by atoms with Crippen LogP contribution >= 0.6 is 11.6 Å². The molecule has 0 aliphatic rings. The maximum atomic E-state index is 13.7. The Bertz CT molecular complexity index is 1300. The molecule has 0 N–H and O–H groups in total. The van der Waals surface area contributed by atoms with Gasteiger partial charge in [0, 0.05) is 36.1 Å². The number of benzene rings is 2. The highest BCUT2D eigenvalue weighted by atomic mass is 35.5. The van der Waals surface area contributed by atoms with Crippen LogP contribution in [0.15, 0.2) is 79.1 Å². The number of halogens is 2. The molecular formula is C25H19ClFN5O. The highest BCUT2D eigenvalue weighted by Gasteiger charge is 2.23. The van der Waals surface area contributed by atoms with Gasteiger partial charge in [-0.3, -0.25) is 9.78 Å². The van der Waals surface area contributed by atoms with E-state index in [9.17, 15) is 9.18 Å². The zero-order valence-corrected chi connectivity index (χ0v) is 18.3. The summed E-state index contributed by atoms with van der Waals surface area (Å²) in [5.41, 5.74) is 2.94. The second-order valence-corrected chi connectivity index (χ2v) is 7.75. The van der Waals surface area contributed by atoms with Crippen molar-refractivity contribution in [2.75, 3.05) is 6.54 Å². The number of hydrogen-bond acceptors (Lipinski definition) is 4. The number of amides is 1. The zero-order chi connectivity index (χ0) is 23.2. The predicted octanol–water partition coefficient (Wildman–Crippen LogP) is 5.28. The van der Waals surface area contributed by atoms with Gasteiger partial charge in [-0.2, -0.15) is 10.4 Å². The van der Waals surface area contributed by atoms with Crippen LogP contribution in [0.2, 0.25) is 5.02 Å². The van der Waals surface area contributed by atoms with Crippen molar-refractivity contribution in [3.63, 3.8) is 0 Å². The number of rotatable bonds is 7. The van der Waals surface area contributed by atoms with Gasteiger partial charge in [0.25, 0.3) is 5.91 Å². The van der Waals surface area contributed by atoms with Crippen LogP contribution in [0.1, 0.15) is 22.5 Å². The van der Waals surface area contributed by atoms with Gasteiger partial charge in [-0.1, -0.05) is 23.7 Å². The summed E-state index contributed by atoms with van der Waals surface area (Å²) in [6.45, 7) is 0.539. The van der Waals surface area contributed by atoms with Crippen molar-refractivity contribution < 1.29 is 9.18 Å². The van der Waals surface area contributed by atoms with E-state index in [-0.39, 0.29) is 24.7 Å². The van der Waals surface area contributed by atoms with Crippen LogP contribution in [-0.2, 0) is 6.54 Å². The van der Waals surface area contributed by atoms with Gasteiger partial charge in [-0.25, -0.2) is 9.07 Å². The summed E-state index contributed by atoms with van der Waals surface area (Å²) in [6.07, 6.45) is 3.53. The molecule has 0 radical (unpaired) electrons. The minimum Gasteiger partial charge on any atom is -0.332 e. The van der Waals surface area contributed by atoms with E-state index in [1.807, 2.05) is 6.07 Å². The van der Waals surface area contributed by atoms with Crippen molar-refractivity contribution in [1.29, 1.82) is 5.26 Å². The highest BCUT2D eigenvalue weighted by molar-refractivity contribution is 6.30. The molecule has 1 amide bonds. The molecular weight excluding hydrogens is 441 g/mol. The fraction of sp³-hybridized carbons (Fsp3) is 0.120. The molecule has 6 nitrogen and oxygen atoms in total. The first-order valence-corrected chi connectivity index (χ1v) is 10.6. The topological polar surface area (TPSA) is 74.8 Å². The largest absolute Gasteiger partial charge is 0.332 e. The van der Waals surface area contributed by atoms with E-state index in [4.69, 9.17) is 16.9 Å². The number of aromatic nitrogens is 3. The van der Waals surface area contributed by atoms with Gasteiger partial charge < -0.3 is 4.90 Å². The Morgan fingerprint density at radius 3 is 2.64 bits per heavy atom. The van der Waals surface area contributed by atoms with E-state index < -0.39 is 0 Å². The molecule has 0 saturated carbocycles. The predicted molar refractivity (Wildman–Crippen MR) is 123 cm³/mol. The Morgan fingerprint density at radius 2 is 1.94 bits per heavy atom. The third-order valence-electron chi connectivity index (χ3n) is 5.00.